The van der Waals surface area contributed by atoms with Gasteiger partial charge in [0.1, 0.15) is 0 Å². The van der Waals surface area contributed by atoms with Crippen LogP contribution in [0, 0.1) is 10.1 Å². The van der Waals surface area contributed by atoms with Crippen LogP contribution in [0.25, 0.3) is 6.08 Å². The summed E-state index contributed by atoms with van der Waals surface area (Å²) in [4.78, 5) is 24.0. The van der Waals surface area contributed by atoms with Gasteiger partial charge in [0, 0.05) is 38.3 Å². The average molecular weight is 401 g/mol. The molecule has 2 aromatic rings. The van der Waals surface area contributed by atoms with Gasteiger partial charge in [-0.25, -0.2) is 8.42 Å². The number of hydrogen-bond acceptors (Lipinski definition) is 5. The molecule has 1 heterocycles. The third-order valence-electron chi connectivity index (χ3n) is 4.45. The Balaban J connectivity index is 1.67. The Bertz CT molecular complexity index is 997. The number of rotatable bonds is 5. The Morgan fingerprint density at radius 1 is 0.964 bits per heavy atom. The van der Waals surface area contributed by atoms with Crippen LogP contribution in [0.1, 0.15) is 5.56 Å². The summed E-state index contributed by atoms with van der Waals surface area (Å²) in [5.41, 5.74) is 0.445. The minimum absolute atomic E-state index is 0.0826. The Hall–Kier alpha value is -3.04. The second-order valence-corrected chi connectivity index (χ2v) is 8.10. The monoisotopic (exact) mass is 401 g/mol. The number of amides is 1. The molecule has 0 N–H and O–H groups in total. The number of para-hydroxylation sites is 1. The van der Waals surface area contributed by atoms with Gasteiger partial charge in [-0.15, -0.1) is 0 Å². The van der Waals surface area contributed by atoms with Crippen molar-refractivity contribution in [2.75, 3.05) is 26.2 Å². The van der Waals surface area contributed by atoms with Crippen molar-refractivity contribution in [3.63, 3.8) is 0 Å². The maximum Gasteiger partial charge on any atom is 0.289 e. The molecule has 0 radical (unpaired) electrons. The van der Waals surface area contributed by atoms with Crippen molar-refractivity contribution in [2.45, 2.75) is 4.90 Å². The van der Waals surface area contributed by atoms with E-state index in [1.165, 1.54) is 34.6 Å². The minimum Gasteiger partial charge on any atom is -0.337 e. The first-order valence-corrected chi connectivity index (χ1v) is 10.1. The summed E-state index contributed by atoms with van der Waals surface area (Å²) in [5, 5.41) is 11.1. The van der Waals surface area contributed by atoms with Crippen LogP contribution in [-0.4, -0.2) is 54.6 Å². The fourth-order valence-electron chi connectivity index (χ4n) is 2.95. The van der Waals surface area contributed by atoms with Crippen molar-refractivity contribution >= 4 is 27.7 Å². The first-order chi connectivity index (χ1) is 13.4. The van der Waals surface area contributed by atoms with Crippen LogP contribution in [0.5, 0.6) is 0 Å². The molecule has 146 valence electrons. The van der Waals surface area contributed by atoms with Crippen molar-refractivity contribution in [1.29, 1.82) is 0 Å². The smallest absolute Gasteiger partial charge is 0.289 e. The average Bonchev–Trinajstić information content (AvgIpc) is 2.73. The normalized spacial score (nSPS) is 15.6. The molecule has 9 heteroatoms. The topological polar surface area (TPSA) is 101 Å². The lowest BCUT2D eigenvalue weighted by Gasteiger charge is -2.33. The van der Waals surface area contributed by atoms with E-state index in [1.807, 2.05) is 30.3 Å². The van der Waals surface area contributed by atoms with E-state index in [0.29, 0.717) is 0 Å². The molecule has 0 aromatic heterocycles. The zero-order valence-corrected chi connectivity index (χ0v) is 15.8. The number of carbonyl (C=O) groups is 1. The second-order valence-electron chi connectivity index (χ2n) is 6.20. The number of carbonyl (C=O) groups excluding carboxylic acids is 1. The lowest BCUT2D eigenvalue weighted by atomic mass is 10.2. The Morgan fingerprint density at radius 2 is 1.57 bits per heavy atom. The molecule has 0 spiro atoms. The van der Waals surface area contributed by atoms with Gasteiger partial charge in [-0.1, -0.05) is 42.5 Å². The molecule has 8 nitrogen and oxygen atoms in total. The lowest BCUT2D eigenvalue weighted by molar-refractivity contribution is -0.387. The second kappa shape index (κ2) is 8.32. The molecule has 2 aromatic carbocycles. The molecule has 0 bridgehead atoms. The molecule has 1 aliphatic rings. The SMILES string of the molecule is O=C(/C=C/c1ccccc1)N1CCN(S(=O)(=O)c2ccccc2[N+](=O)[O-])CC1. The van der Waals surface area contributed by atoms with Gasteiger partial charge in [-0.05, 0) is 17.7 Å². The highest BCUT2D eigenvalue weighted by Crippen LogP contribution is 2.26. The van der Waals surface area contributed by atoms with Crippen LogP contribution in [0.2, 0.25) is 0 Å². The summed E-state index contributed by atoms with van der Waals surface area (Å²) in [5.74, 6) is -0.202. The van der Waals surface area contributed by atoms with Crippen LogP contribution in [0.3, 0.4) is 0 Å². The zero-order chi connectivity index (χ0) is 20.1. The summed E-state index contributed by atoms with van der Waals surface area (Å²) < 4.78 is 26.8. The van der Waals surface area contributed by atoms with E-state index in [9.17, 15) is 23.3 Å². The first-order valence-electron chi connectivity index (χ1n) is 8.65. The molecule has 0 atom stereocenters. The van der Waals surface area contributed by atoms with Gasteiger partial charge in [-0.2, -0.15) is 4.31 Å². The van der Waals surface area contributed by atoms with Gasteiger partial charge >= 0.3 is 0 Å². The van der Waals surface area contributed by atoms with Crippen LogP contribution >= 0.6 is 0 Å². The van der Waals surface area contributed by atoms with Crippen molar-refractivity contribution in [3.05, 3.63) is 76.4 Å². The summed E-state index contributed by atoms with van der Waals surface area (Å²) in [6.07, 6.45) is 3.17. The van der Waals surface area contributed by atoms with Crippen LogP contribution in [-0.2, 0) is 14.8 Å². The molecular weight excluding hydrogens is 382 g/mol. The van der Waals surface area contributed by atoms with E-state index in [1.54, 1.807) is 11.0 Å². The highest BCUT2D eigenvalue weighted by molar-refractivity contribution is 7.89. The highest BCUT2D eigenvalue weighted by atomic mass is 32.2. The van der Waals surface area contributed by atoms with Gasteiger partial charge < -0.3 is 4.90 Å². The number of nitro groups is 1. The molecule has 1 fully saturated rings. The quantitative estimate of drug-likeness (QED) is 0.434. The fraction of sp³-hybridized carbons (Fsp3) is 0.211. The van der Waals surface area contributed by atoms with Gasteiger partial charge in [0.05, 0.1) is 4.92 Å². The molecule has 1 saturated heterocycles. The van der Waals surface area contributed by atoms with Crippen LogP contribution < -0.4 is 0 Å². The Kier molecular flexibility index (Phi) is 5.86. The molecular formula is C19H19N3O5S. The van der Waals surface area contributed by atoms with E-state index in [2.05, 4.69) is 0 Å². The lowest BCUT2D eigenvalue weighted by Crippen LogP contribution is -2.50. The molecule has 3 rings (SSSR count). The first kappa shape index (κ1) is 19.7. The predicted octanol–water partition coefficient (Wildman–Crippen LogP) is 2.14. The third-order valence-corrected chi connectivity index (χ3v) is 6.39. The maximum atomic E-state index is 12.8. The molecule has 1 amide bonds. The largest absolute Gasteiger partial charge is 0.337 e. The maximum absolute atomic E-state index is 12.8. The van der Waals surface area contributed by atoms with Gasteiger partial charge in [-0.3, -0.25) is 14.9 Å². The van der Waals surface area contributed by atoms with Crippen molar-refractivity contribution < 1.29 is 18.1 Å². The predicted molar refractivity (Wildman–Crippen MR) is 104 cm³/mol. The zero-order valence-electron chi connectivity index (χ0n) is 15.0. The summed E-state index contributed by atoms with van der Waals surface area (Å²) in [6.45, 7) is 0.605. The van der Waals surface area contributed by atoms with Crippen molar-refractivity contribution in [3.8, 4) is 0 Å². The Labute approximate surface area is 162 Å². The summed E-state index contributed by atoms with van der Waals surface area (Å²) in [6, 6.07) is 14.7. The number of hydrogen-bond donors (Lipinski definition) is 0. The van der Waals surface area contributed by atoms with E-state index in [4.69, 9.17) is 0 Å². The molecule has 28 heavy (non-hydrogen) atoms. The van der Waals surface area contributed by atoms with Crippen LogP contribution in [0.4, 0.5) is 5.69 Å². The molecule has 0 saturated carbocycles. The summed E-state index contributed by atoms with van der Waals surface area (Å²) in [7, 11) is -4.01. The van der Waals surface area contributed by atoms with E-state index in [0.717, 1.165) is 5.56 Å². The van der Waals surface area contributed by atoms with Crippen LogP contribution in [0.15, 0.2) is 65.6 Å². The third kappa shape index (κ3) is 4.26. The number of nitro benzene ring substituents is 1. The number of piperazine rings is 1. The minimum atomic E-state index is -4.01. The Morgan fingerprint density at radius 3 is 2.21 bits per heavy atom. The van der Waals surface area contributed by atoms with Gasteiger partial charge in [0.2, 0.25) is 15.9 Å². The number of sulfonamides is 1. The van der Waals surface area contributed by atoms with E-state index in [-0.39, 0.29) is 37.0 Å². The molecule has 1 aliphatic heterocycles. The van der Waals surface area contributed by atoms with E-state index >= 15 is 0 Å². The standard InChI is InChI=1S/C19H19N3O5S/c23-19(11-10-16-6-2-1-3-7-16)20-12-14-21(15-13-20)28(26,27)18-9-5-4-8-17(18)22(24)25/h1-11H,12-15H2/b11-10+. The fourth-order valence-corrected chi connectivity index (χ4v) is 4.53. The van der Waals surface area contributed by atoms with Crippen molar-refractivity contribution in [2.24, 2.45) is 0 Å². The molecule has 0 aliphatic carbocycles. The number of benzene rings is 2. The highest BCUT2D eigenvalue weighted by Gasteiger charge is 2.34. The van der Waals surface area contributed by atoms with Gasteiger partial charge in [0.15, 0.2) is 4.90 Å². The van der Waals surface area contributed by atoms with Crippen molar-refractivity contribution in [1.82, 2.24) is 9.21 Å². The molecule has 0 unspecified atom stereocenters. The van der Waals surface area contributed by atoms with E-state index < -0.39 is 20.6 Å². The summed E-state index contributed by atoms with van der Waals surface area (Å²) >= 11 is 0. The van der Waals surface area contributed by atoms with Gasteiger partial charge in [0.25, 0.3) is 5.69 Å². The number of nitrogens with zero attached hydrogens (tertiary/aromatic N) is 3.